The quantitative estimate of drug-likeness (QED) is 0.509. The molecule has 0 radical (unpaired) electrons. The van der Waals surface area contributed by atoms with Crippen molar-refractivity contribution in [2.24, 2.45) is 11.5 Å². The number of H-pyrrole nitrogens is 1. The van der Waals surface area contributed by atoms with E-state index in [0.717, 1.165) is 22.0 Å². The van der Waals surface area contributed by atoms with Crippen molar-refractivity contribution < 1.29 is 8.94 Å². The van der Waals surface area contributed by atoms with Gasteiger partial charge in [0, 0.05) is 47.5 Å². The Labute approximate surface area is 148 Å². The van der Waals surface area contributed by atoms with E-state index < -0.39 is 11.4 Å². The molecular weight excluding hydrogens is 339 g/mol. The van der Waals surface area contributed by atoms with Crippen LogP contribution in [0.15, 0.2) is 65.5 Å². The van der Waals surface area contributed by atoms with E-state index in [1.165, 1.54) is 18.3 Å². The fourth-order valence-electron chi connectivity index (χ4n) is 2.55. The Morgan fingerprint density at radius 3 is 2.72 bits per heavy atom. The minimum atomic E-state index is -1.32. The van der Waals surface area contributed by atoms with E-state index in [9.17, 15) is 8.94 Å². The van der Waals surface area contributed by atoms with Crippen LogP contribution in [0.3, 0.4) is 0 Å². The number of aromatic nitrogens is 1. The molecule has 0 saturated carbocycles. The summed E-state index contributed by atoms with van der Waals surface area (Å²) >= 11 is -1.32. The topological polar surface area (TPSA) is 103 Å². The molecule has 0 aliphatic carbocycles. The van der Waals surface area contributed by atoms with Gasteiger partial charge in [0.2, 0.25) is 0 Å². The lowest BCUT2D eigenvalue weighted by Gasteiger charge is -2.11. The number of rotatable bonds is 6. The van der Waals surface area contributed by atoms with Crippen molar-refractivity contribution in [3.05, 3.63) is 66.4 Å². The average molecular weight is 358 g/mol. The first-order valence-electron chi connectivity index (χ1n) is 7.77. The van der Waals surface area contributed by atoms with Crippen molar-refractivity contribution >= 4 is 22.3 Å². The summed E-state index contributed by atoms with van der Waals surface area (Å²) in [6.07, 6.45) is 3.72. The van der Waals surface area contributed by atoms with Gasteiger partial charge in [-0.1, -0.05) is 0 Å². The van der Waals surface area contributed by atoms with E-state index in [1.54, 1.807) is 6.07 Å². The Balaban J connectivity index is 1.73. The summed E-state index contributed by atoms with van der Waals surface area (Å²) in [5.41, 5.74) is 14.1. The zero-order valence-electron chi connectivity index (χ0n) is 13.5. The molecule has 0 fully saturated rings. The third kappa shape index (κ3) is 3.96. The van der Waals surface area contributed by atoms with Gasteiger partial charge in [-0.2, -0.15) is 0 Å². The monoisotopic (exact) mass is 358 g/mol. The summed E-state index contributed by atoms with van der Waals surface area (Å²) < 4.78 is 28.4. The highest BCUT2D eigenvalue weighted by Crippen LogP contribution is 2.29. The van der Waals surface area contributed by atoms with Crippen LogP contribution in [-0.4, -0.2) is 16.1 Å². The Bertz CT molecular complexity index is 892. The third-order valence-corrected chi connectivity index (χ3v) is 5.05. The van der Waals surface area contributed by atoms with Crippen LogP contribution in [0.1, 0.15) is 6.42 Å². The van der Waals surface area contributed by atoms with E-state index in [-0.39, 0.29) is 5.82 Å². The molecule has 7 heteroatoms. The molecule has 3 rings (SSSR count). The molecule has 1 unspecified atom stereocenters. The van der Waals surface area contributed by atoms with Crippen molar-refractivity contribution in [3.63, 3.8) is 0 Å². The number of aromatic amines is 1. The van der Waals surface area contributed by atoms with E-state index in [1.807, 2.05) is 30.5 Å². The van der Waals surface area contributed by atoms with Gasteiger partial charge in [0.15, 0.2) is 4.90 Å². The van der Waals surface area contributed by atoms with Crippen LogP contribution in [0.2, 0.25) is 0 Å². The van der Waals surface area contributed by atoms with Crippen molar-refractivity contribution in [2.75, 3.05) is 6.54 Å². The predicted molar refractivity (Wildman–Crippen MR) is 99.2 cm³/mol. The van der Waals surface area contributed by atoms with Crippen LogP contribution < -0.4 is 16.2 Å². The number of halogens is 1. The van der Waals surface area contributed by atoms with Crippen molar-refractivity contribution in [2.45, 2.75) is 11.3 Å². The number of nitrogens with one attached hydrogen (secondary N) is 2. The van der Waals surface area contributed by atoms with Gasteiger partial charge in [-0.05, 0) is 48.0 Å². The molecule has 0 amide bonds. The van der Waals surface area contributed by atoms with Gasteiger partial charge in [-0.3, -0.25) is 0 Å². The molecule has 0 saturated heterocycles. The molecule has 25 heavy (non-hydrogen) atoms. The smallest absolute Gasteiger partial charge is 0.173 e. The molecule has 0 aliphatic rings. The summed E-state index contributed by atoms with van der Waals surface area (Å²) in [5.74, 6) is -0.275. The Morgan fingerprint density at radius 2 is 2.00 bits per heavy atom. The van der Waals surface area contributed by atoms with Crippen molar-refractivity contribution in [1.29, 1.82) is 0 Å². The maximum Gasteiger partial charge on any atom is 0.173 e. The second-order valence-electron chi connectivity index (χ2n) is 5.57. The van der Waals surface area contributed by atoms with Crippen molar-refractivity contribution in [1.82, 2.24) is 9.71 Å². The highest BCUT2D eigenvalue weighted by atomic mass is 32.2. The fraction of sp³-hybridized carbons (Fsp3) is 0.111. The van der Waals surface area contributed by atoms with Gasteiger partial charge in [0.25, 0.3) is 0 Å². The first kappa shape index (κ1) is 17.3. The number of hydrogen-bond donors (Lipinski definition) is 4. The number of hydrogen-bond acceptors (Lipinski definition) is 4. The Kier molecular flexibility index (Phi) is 5.28. The van der Waals surface area contributed by atoms with Crippen LogP contribution in [0.4, 0.5) is 4.39 Å². The molecule has 0 aliphatic heterocycles. The summed E-state index contributed by atoms with van der Waals surface area (Å²) in [6.45, 7) is 0.474. The minimum absolute atomic E-state index is 0.275. The first-order valence-corrected chi connectivity index (χ1v) is 8.92. The average Bonchev–Trinajstić information content (AvgIpc) is 3.04. The lowest BCUT2D eigenvalue weighted by atomic mass is 10.1. The molecule has 1 heterocycles. The highest BCUT2D eigenvalue weighted by molar-refractivity contribution is 7.89. The molecule has 130 valence electrons. The zero-order chi connectivity index (χ0) is 17.8. The second kappa shape index (κ2) is 7.60. The van der Waals surface area contributed by atoms with Gasteiger partial charge in [0.05, 0.1) is 11.4 Å². The lowest BCUT2D eigenvalue weighted by Crippen LogP contribution is -2.26. The predicted octanol–water partition coefficient (Wildman–Crippen LogP) is 2.74. The van der Waals surface area contributed by atoms with Gasteiger partial charge in [-0.25, -0.2) is 4.39 Å². The Hall–Kier alpha value is -2.48. The SMILES string of the molecule is N/C=C(\N)CCN[S+]([O-])c1ccc(-c2c[nH]c3cc(F)ccc23)cc1. The molecule has 5 nitrogen and oxygen atoms in total. The van der Waals surface area contributed by atoms with Crippen LogP contribution in [0, 0.1) is 5.82 Å². The van der Waals surface area contributed by atoms with Crippen molar-refractivity contribution in [3.8, 4) is 11.1 Å². The molecule has 2 aromatic carbocycles. The molecule has 3 aromatic rings. The highest BCUT2D eigenvalue weighted by Gasteiger charge is 2.12. The standard InChI is InChI=1S/C18H19FN4OS/c19-13-3-6-16-17(11-22-18(16)9-13)12-1-4-15(5-2-12)25(24)23-8-7-14(21)10-20/h1-6,9-11,22-23H,7-8,20-21H2/b14-10-. The molecule has 0 bridgehead atoms. The van der Waals surface area contributed by atoms with Crippen LogP contribution in [0.5, 0.6) is 0 Å². The largest absolute Gasteiger partial charge is 0.593 e. The molecule has 6 N–H and O–H groups in total. The normalized spacial score (nSPS) is 13.3. The maximum absolute atomic E-state index is 13.3. The number of nitrogens with two attached hydrogens (primary N) is 2. The molecule has 1 atom stereocenters. The van der Waals surface area contributed by atoms with Crippen LogP contribution in [-0.2, 0) is 11.4 Å². The summed E-state index contributed by atoms with van der Waals surface area (Å²) in [4.78, 5) is 3.74. The zero-order valence-corrected chi connectivity index (χ0v) is 14.3. The van der Waals surface area contributed by atoms with E-state index in [2.05, 4.69) is 9.71 Å². The van der Waals surface area contributed by atoms with E-state index in [0.29, 0.717) is 23.6 Å². The van der Waals surface area contributed by atoms with Gasteiger partial charge in [-0.15, -0.1) is 4.72 Å². The van der Waals surface area contributed by atoms with Gasteiger partial charge in [0.1, 0.15) is 5.82 Å². The lowest BCUT2D eigenvalue weighted by molar-refractivity contribution is 0.580. The van der Waals surface area contributed by atoms with Gasteiger partial charge < -0.3 is 21.0 Å². The maximum atomic E-state index is 13.3. The minimum Gasteiger partial charge on any atom is -0.593 e. The fourth-order valence-corrected chi connectivity index (χ4v) is 3.39. The molecular formula is C18H19FN4OS. The second-order valence-corrected chi connectivity index (χ2v) is 6.87. The van der Waals surface area contributed by atoms with Crippen LogP contribution in [0.25, 0.3) is 22.0 Å². The number of benzene rings is 2. The molecule has 1 aromatic heterocycles. The summed E-state index contributed by atoms with van der Waals surface area (Å²) in [6, 6.07) is 12.1. The van der Waals surface area contributed by atoms with Gasteiger partial charge >= 0.3 is 0 Å². The summed E-state index contributed by atoms with van der Waals surface area (Å²) in [7, 11) is 0. The van der Waals surface area contributed by atoms with Crippen LogP contribution >= 0.6 is 0 Å². The Morgan fingerprint density at radius 1 is 1.24 bits per heavy atom. The first-order chi connectivity index (χ1) is 12.1. The molecule has 0 spiro atoms. The van der Waals surface area contributed by atoms with E-state index in [4.69, 9.17) is 11.5 Å². The number of fused-ring (bicyclic) bond motifs is 1. The summed E-state index contributed by atoms with van der Waals surface area (Å²) in [5, 5.41) is 0.942. The third-order valence-electron chi connectivity index (χ3n) is 3.88. The van der Waals surface area contributed by atoms with E-state index >= 15 is 0 Å².